The number of rotatable bonds is 10. The maximum atomic E-state index is 12.1. The molecule has 2 heterocycles. The van der Waals surface area contributed by atoms with Crippen LogP contribution in [0.4, 0.5) is 8.78 Å². The topological polar surface area (TPSA) is 77.5 Å². The summed E-state index contributed by atoms with van der Waals surface area (Å²) in [6, 6.07) is 10.1. The van der Waals surface area contributed by atoms with Crippen molar-refractivity contribution in [2.45, 2.75) is 19.5 Å². The van der Waals surface area contributed by atoms with Crippen molar-refractivity contribution in [3.63, 3.8) is 0 Å². The Kier molecular flexibility index (Phi) is 7.86. The predicted molar refractivity (Wildman–Crippen MR) is 110 cm³/mol. The molecule has 0 radical (unpaired) electrons. The lowest BCUT2D eigenvalue weighted by molar-refractivity contribution is -0.147. The molecule has 0 aliphatic carbocycles. The first-order chi connectivity index (χ1) is 14.5. The number of hydrogen-bond donors (Lipinski definition) is 1. The van der Waals surface area contributed by atoms with Gasteiger partial charge in [-0.3, -0.25) is 9.59 Å². The summed E-state index contributed by atoms with van der Waals surface area (Å²) in [6.45, 7) is -2.92. The Bertz CT molecular complexity index is 960. The number of carbonyl (C=O) groups excluding carboxylic acids is 2. The molecule has 2 aromatic heterocycles. The molecule has 0 aliphatic rings. The second kappa shape index (κ2) is 10.8. The number of halogens is 2. The van der Waals surface area contributed by atoms with Crippen LogP contribution in [-0.4, -0.2) is 36.6 Å². The summed E-state index contributed by atoms with van der Waals surface area (Å²) in [5.41, 5.74) is 1.45. The minimum atomic E-state index is -2.86. The highest BCUT2D eigenvalue weighted by Gasteiger charge is 2.12. The molecule has 0 saturated carbocycles. The van der Waals surface area contributed by atoms with Crippen LogP contribution in [0.5, 0.6) is 5.75 Å². The van der Waals surface area contributed by atoms with Crippen LogP contribution in [0.1, 0.15) is 11.3 Å². The number of hydrogen-bond acceptors (Lipinski definition) is 7. The van der Waals surface area contributed by atoms with Crippen molar-refractivity contribution < 1.29 is 27.8 Å². The minimum Gasteiger partial charge on any atom is -0.455 e. The number of aromatic nitrogens is 1. The smallest absolute Gasteiger partial charge is 0.387 e. The molecular formula is C20H18F2N2O4S2. The lowest BCUT2D eigenvalue weighted by Gasteiger charge is -2.08. The van der Waals surface area contributed by atoms with E-state index in [0.717, 1.165) is 15.4 Å². The third-order valence-electron chi connectivity index (χ3n) is 3.86. The number of nitrogens with zero attached hydrogens (tertiary/aromatic N) is 1. The third kappa shape index (κ3) is 6.89. The first kappa shape index (κ1) is 21.8. The summed E-state index contributed by atoms with van der Waals surface area (Å²) in [4.78, 5) is 29.2. The summed E-state index contributed by atoms with van der Waals surface area (Å²) in [7, 11) is 0. The SMILES string of the molecule is O=C(COC(=O)Cc1csc(-c2cccs2)n1)NCCc1ccc(OC(F)F)cc1. The molecule has 158 valence electrons. The fourth-order valence-electron chi connectivity index (χ4n) is 2.48. The largest absolute Gasteiger partial charge is 0.455 e. The number of esters is 1. The quantitative estimate of drug-likeness (QED) is 0.472. The zero-order valence-corrected chi connectivity index (χ0v) is 17.3. The summed E-state index contributed by atoms with van der Waals surface area (Å²) >= 11 is 3.03. The highest BCUT2D eigenvalue weighted by Crippen LogP contribution is 2.27. The van der Waals surface area contributed by atoms with Crippen molar-refractivity contribution in [1.29, 1.82) is 0 Å². The average molecular weight is 453 g/mol. The first-order valence-corrected chi connectivity index (χ1v) is 10.7. The molecule has 0 bridgehead atoms. The number of amides is 1. The van der Waals surface area contributed by atoms with E-state index in [9.17, 15) is 18.4 Å². The number of thiazole rings is 1. The van der Waals surface area contributed by atoms with Crippen molar-refractivity contribution in [2.24, 2.45) is 0 Å². The molecule has 0 saturated heterocycles. The lowest BCUT2D eigenvalue weighted by atomic mass is 10.1. The highest BCUT2D eigenvalue weighted by molar-refractivity contribution is 7.20. The van der Waals surface area contributed by atoms with Crippen LogP contribution in [0.3, 0.4) is 0 Å². The van der Waals surface area contributed by atoms with E-state index in [1.165, 1.54) is 23.5 Å². The Morgan fingerprint density at radius 1 is 1.13 bits per heavy atom. The van der Waals surface area contributed by atoms with E-state index >= 15 is 0 Å². The van der Waals surface area contributed by atoms with Gasteiger partial charge in [-0.1, -0.05) is 18.2 Å². The van der Waals surface area contributed by atoms with Gasteiger partial charge in [0.05, 0.1) is 17.0 Å². The van der Waals surface area contributed by atoms with Crippen LogP contribution >= 0.6 is 22.7 Å². The molecular weight excluding hydrogens is 434 g/mol. The summed E-state index contributed by atoms with van der Waals surface area (Å²) in [5.74, 6) is -0.867. The maximum Gasteiger partial charge on any atom is 0.387 e. The highest BCUT2D eigenvalue weighted by atomic mass is 32.1. The molecule has 1 aromatic carbocycles. The number of nitrogens with one attached hydrogen (secondary N) is 1. The van der Waals surface area contributed by atoms with Crippen LogP contribution in [0.15, 0.2) is 47.2 Å². The van der Waals surface area contributed by atoms with E-state index in [0.29, 0.717) is 18.7 Å². The number of carbonyl (C=O) groups is 2. The van der Waals surface area contributed by atoms with Gasteiger partial charge in [0.15, 0.2) is 6.61 Å². The van der Waals surface area contributed by atoms with Gasteiger partial charge < -0.3 is 14.8 Å². The standard InChI is InChI=1S/C20H18F2N2O4S2/c21-20(22)28-15-5-3-13(4-6-15)7-8-23-17(25)11-27-18(26)10-14-12-30-19(24-14)16-2-1-9-29-16/h1-6,9,12,20H,7-8,10-11H2,(H,23,25). The van der Waals surface area contributed by atoms with Gasteiger partial charge in [-0.15, -0.1) is 22.7 Å². The second-order valence-electron chi connectivity index (χ2n) is 6.08. The van der Waals surface area contributed by atoms with Gasteiger partial charge in [0.1, 0.15) is 10.8 Å². The molecule has 3 aromatic rings. The Hall–Kier alpha value is -2.85. The fraction of sp³-hybridized carbons (Fsp3) is 0.250. The van der Waals surface area contributed by atoms with Crippen LogP contribution in [0.25, 0.3) is 9.88 Å². The summed E-state index contributed by atoms with van der Waals surface area (Å²) in [5, 5.41) is 7.24. The Morgan fingerprint density at radius 3 is 2.63 bits per heavy atom. The van der Waals surface area contributed by atoms with E-state index in [1.54, 1.807) is 28.8 Å². The molecule has 0 fully saturated rings. The number of thiophene rings is 1. The van der Waals surface area contributed by atoms with Gasteiger partial charge >= 0.3 is 12.6 Å². The van der Waals surface area contributed by atoms with Crippen LogP contribution in [-0.2, 0) is 27.2 Å². The van der Waals surface area contributed by atoms with Crippen molar-refractivity contribution in [1.82, 2.24) is 10.3 Å². The Balaban J connectivity index is 1.34. The number of alkyl halides is 2. The summed E-state index contributed by atoms with van der Waals surface area (Å²) < 4.78 is 33.5. The average Bonchev–Trinajstić information content (AvgIpc) is 3.39. The second-order valence-corrected chi connectivity index (χ2v) is 7.89. The Labute approximate surface area is 179 Å². The molecule has 0 spiro atoms. The van der Waals surface area contributed by atoms with Gasteiger partial charge in [-0.25, -0.2) is 4.98 Å². The van der Waals surface area contributed by atoms with Gasteiger partial charge in [-0.2, -0.15) is 8.78 Å². The van der Waals surface area contributed by atoms with E-state index in [1.807, 2.05) is 17.5 Å². The summed E-state index contributed by atoms with van der Waals surface area (Å²) in [6.07, 6.45) is 0.501. The molecule has 1 N–H and O–H groups in total. The monoisotopic (exact) mass is 452 g/mol. The molecule has 10 heteroatoms. The van der Waals surface area contributed by atoms with Crippen molar-refractivity contribution in [2.75, 3.05) is 13.2 Å². The van der Waals surface area contributed by atoms with E-state index < -0.39 is 18.5 Å². The molecule has 1 amide bonds. The number of ether oxygens (including phenoxy) is 2. The van der Waals surface area contributed by atoms with Crippen LogP contribution in [0.2, 0.25) is 0 Å². The minimum absolute atomic E-state index is 0.00217. The molecule has 3 rings (SSSR count). The normalized spacial score (nSPS) is 10.8. The molecule has 6 nitrogen and oxygen atoms in total. The van der Waals surface area contributed by atoms with Gasteiger partial charge in [0.25, 0.3) is 5.91 Å². The predicted octanol–water partition coefficient (Wildman–Crippen LogP) is 3.92. The van der Waals surface area contributed by atoms with Crippen molar-refractivity contribution in [3.05, 3.63) is 58.4 Å². The molecule has 30 heavy (non-hydrogen) atoms. The first-order valence-electron chi connectivity index (χ1n) is 8.94. The lowest BCUT2D eigenvalue weighted by Crippen LogP contribution is -2.30. The molecule has 0 unspecified atom stereocenters. The van der Waals surface area contributed by atoms with E-state index in [4.69, 9.17) is 4.74 Å². The zero-order chi connectivity index (χ0) is 21.3. The molecule has 0 atom stereocenters. The maximum absolute atomic E-state index is 12.1. The van der Waals surface area contributed by atoms with Gasteiger partial charge in [0, 0.05) is 11.9 Å². The molecule has 0 aliphatic heterocycles. The van der Waals surface area contributed by atoms with Crippen LogP contribution in [0, 0.1) is 0 Å². The number of benzene rings is 1. The van der Waals surface area contributed by atoms with Crippen molar-refractivity contribution >= 4 is 34.6 Å². The third-order valence-corrected chi connectivity index (χ3v) is 5.79. The van der Waals surface area contributed by atoms with Gasteiger partial charge in [-0.05, 0) is 35.6 Å². The fourth-order valence-corrected chi connectivity index (χ4v) is 4.12. The van der Waals surface area contributed by atoms with Gasteiger partial charge in [0.2, 0.25) is 0 Å². The van der Waals surface area contributed by atoms with Crippen LogP contribution < -0.4 is 10.1 Å². The zero-order valence-electron chi connectivity index (χ0n) is 15.7. The Morgan fingerprint density at radius 2 is 1.93 bits per heavy atom. The van der Waals surface area contributed by atoms with E-state index in [2.05, 4.69) is 15.0 Å². The van der Waals surface area contributed by atoms with Crippen molar-refractivity contribution in [3.8, 4) is 15.6 Å². The van der Waals surface area contributed by atoms with E-state index in [-0.39, 0.29) is 18.8 Å².